The SMILES string of the molecule is CCCCCCCc1cnc(-c2ccc(OCC(=O)OCCC)cc2)nc1. The first-order valence-electron chi connectivity index (χ1n) is 9.92. The van der Waals surface area contributed by atoms with E-state index in [1.807, 2.05) is 43.6 Å². The molecule has 0 amide bonds. The van der Waals surface area contributed by atoms with Crippen LogP contribution in [0.5, 0.6) is 5.75 Å². The van der Waals surface area contributed by atoms with Gasteiger partial charge in [0.25, 0.3) is 0 Å². The van der Waals surface area contributed by atoms with Gasteiger partial charge >= 0.3 is 5.97 Å². The molecule has 0 fully saturated rings. The van der Waals surface area contributed by atoms with Crippen molar-refractivity contribution < 1.29 is 14.3 Å². The van der Waals surface area contributed by atoms with Crippen LogP contribution in [-0.2, 0) is 16.0 Å². The summed E-state index contributed by atoms with van der Waals surface area (Å²) in [4.78, 5) is 20.4. The predicted octanol–water partition coefficient (Wildman–Crippen LogP) is 4.99. The molecule has 0 unspecified atom stereocenters. The zero-order valence-corrected chi connectivity index (χ0v) is 16.4. The number of esters is 1. The molecule has 0 saturated heterocycles. The molecule has 5 heteroatoms. The van der Waals surface area contributed by atoms with E-state index in [0.29, 0.717) is 18.2 Å². The molecule has 146 valence electrons. The number of hydrogen-bond donors (Lipinski definition) is 0. The zero-order chi connectivity index (χ0) is 19.3. The quantitative estimate of drug-likeness (QED) is 0.389. The summed E-state index contributed by atoms with van der Waals surface area (Å²) in [6.45, 7) is 4.53. The lowest BCUT2D eigenvalue weighted by molar-refractivity contribution is -0.146. The topological polar surface area (TPSA) is 61.3 Å². The smallest absolute Gasteiger partial charge is 0.344 e. The van der Waals surface area contributed by atoms with Crippen molar-refractivity contribution in [3.8, 4) is 17.1 Å². The maximum atomic E-state index is 11.5. The summed E-state index contributed by atoms with van der Waals surface area (Å²) < 4.78 is 10.4. The van der Waals surface area contributed by atoms with Gasteiger partial charge in [-0.15, -0.1) is 0 Å². The molecular weight excluding hydrogens is 340 g/mol. The standard InChI is InChI=1S/C22H30N2O3/c1-3-5-6-7-8-9-18-15-23-22(24-16-18)19-10-12-20(13-11-19)27-17-21(25)26-14-4-2/h10-13,15-16H,3-9,14,17H2,1-2H3. The molecule has 5 nitrogen and oxygen atoms in total. The van der Waals surface area contributed by atoms with Crippen LogP contribution in [0.4, 0.5) is 0 Å². The molecule has 0 aliphatic heterocycles. The van der Waals surface area contributed by atoms with Crippen molar-refractivity contribution in [3.05, 3.63) is 42.2 Å². The molecule has 0 aliphatic rings. The minimum atomic E-state index is -0.352. The Bertz CT molecular complexity index is 669. The molecule has 1 heterocycles. The van der Waals surface area contributed by atoms with Gasteiger partial charge in [0.05, 0.1) is 6.61 Å². The van der Waals surface area contributed by atoms with Gasteiger partial charge in [-0.25, -0.2) is 14.8 Å². The molecule has 0 N–H and O–H groups in total. The summed E-state index contributed by atoms with van der Waals surface area (Å²) in [6, 6.07) is 7.42. The van der Waals surface area contributed by atoms with E-state index in [2.05, 4.69) is 16.9 Å². The lowest BCUT2D eigenvalue weighted by Crippen LogP contribution is -2.15. The number of aryl methyl sites for hydroxylation is 1. The highest BCUT2D eigenvalue weighted by Crippen LogP contribution is 2.19. The first kappa shape index (κ1) is 20.9. The third kappa shape index (κ3) is 7.77. The first-order chi connectivity index (χ1) is 13.2. The molecule has 1 aromatic carbocycles. The molecule has 0 saturated carbocycles. The predicted molar refractivity (Wildman–Crippen MR) is 107 cm³/mol. The fourth-order valence-electron chi connectivity index (χ4n) is 2.67. The van der Waals surface area contributed by atoms with Gasteiger partial charge in [-0.2, -0.15) is 0 Å². The molecular formula is C22H30N2O3. The van der Waals surface area contributed by atoms with Crippen molar-refractivity contribution in [3.63, 3.8) is 0 Å². The minimum absolute atomic E-state index is 0.0806. The van der Waals surface area contributed by atoms with E-state index >= 15 is 0 Å². The summed E-state index contributed by atoms with van der Waals surface area (Å²) in [5.74, 6) is 0.962. The molecule has 0 aliphatic carbocycles. The first-order valence-corrected chi connectivity index (χ1v) is 9.92. The third-order valence-corrected chi connectivity index (χ3v) is 4.21. The van der Waals surface area contributed by atoms with Gasteiger partial charge in [-0.1, -0.05) is 39.5 Å². The maximum absolute atomic E-state index is 11.5. The molecule has 0 spiro atoms. The Morgan fingerprint density at radius 3 is 2.30 bits per heavy atom. The number of nitrogens with zero attached hydrogens (tertiary/aromatic N) is 2. The number of hydrogen-bond acceptors (Lipinski definition) is 5. The average molecular weight is 370 g/mol. The van der Waals surface area contributed by atoms with Gasteiger partial charge in [0.2, 0.25) is 0 Å². The molecule has 0 bridgehead atoms. The molecule has 2 aromatic rings. The van der Waals surface area contributed by atoms with E-state index < -0.39 is 0 Å². The fourth-order valence-corrected chi connectivity index (χ4v) is 2.67. The Balaban J connectivity index is 1.81. The maximum Gasteiger partial charge on any atom is 0.344 e. The van der Waals surface area contributed by atoms with Gasteiger partial charge in [0.15, 0.2) is 12.4 Å². The highest BCUT2D eigenvalue weighted by molar-refractivity contribution is 5.71. The number of carbonyl (C=O) groups is 1. The van der Waals surface area contributed by atoms with E-state index in [0.717, 1.165) is 18.4 Å². The van der Waals surface area contributed by atoms with Crippen molar-refractivity contribution in [2.45, 2.75) is 58.8 Å². The van der Waals surface area contributed by atoms with Crippen LogP contribution >= 0.6 is 0 Å². The van der Waals surface area contributed by atoms with E-state index in [-0.39, 0.29) is 12.6 Å². The summed E-state index contributed by atoms with van der Waals surface area (Å²) >= 11 is 0. The Labute approximate surface area is 162 Å². The Morgan fingerprint density at radius 1 is 0.926 bits per heavy atom. The third-order valence-electron chi connectivity index (χ3n) is 4.21. The number of ether oxygens (including phenoxy) is 2. The van der Waals surface area contributed by atoms with Crippen LogP contribution in [0.15, 0.2) is 36.7 Å². The van der Waals surface area contributed by atoms with Gasteiger partial charge in [-0.3, -0.25) is 0 Å². The lowest BCUT2D eigenvalue weighted by atomic mass is 10.1. The Kier molecular flexibility index (Phi) is 9.31. The Hall–Kier alpha value is -2.43. The van der Waals surface area contributed by atoms with Crippen LogP contribution in [0, 0.1) is 0 Å². The number of benzene rings is 1. The normalized spacial score (nSPS) is 10.6. The molecule has 2 rings (SSSR count). The summed E-state index contributed by atoms with van der Waals surface area (Å²) in [7, 11) is 0. The summed E-state index contributed by atoms with van der Waals surface area (Å²) in [6.07, 6.45) is 12.0. The largest absolute Gasteiger partial charge is 0.482 e. The van der Waals surface area contributed by atoms with Crippen molar-refractivity contribution in [1.82, 2.24) is 9.97 Å². The van der Waals surface area contributed by atoms with Crippen LogP contribution < -0.4 is 4.74 Å². The van der Waals surface area contributed by atoms with Crippen molar-refractivity contribution >= 4 is 5.97 Å². The minimum Gasteiger partial charge on any atom is -0.482 e. The van der Waals surface area contributed by atoms with Crippen LogP contribution in [-0.4, -0.2) is 29.2 Å². The van der Waals surface area contributed by atoms with Gasteiger partial charge in [0, 0.05) is 18.0 Å². The van der Waals surface area contributed by atoms with Crippen LogP contribution in [0.25, 0.3) is 11.4 Å². The monoisotopic (exact) mass is 370 g/mol. The van der Waals surface area contributed by atoms with Crippen LogP contribution in [0.1, 0.15) is 57.9 Å². The second-order valence-electron chi connectivity index (χ2n) is 6.61. The van der Waals surface area contributed by atoms with Crippen molar-refractivity contribution in [2.75, 3.05) is 13.2 Å². The molecule has 0 radical (unpaired) electrons. The van der Waals surface area contributed by atoms with E-state index in [9.17, 15) is 4.79 Å². The number of aromatic nitrogens is 2. The molecule has 0 atom stereocenters. The summed E-state index contributed by atoms with van der Waals surface area (Å²) in [5, 5.41) is 0. The highest BCUT2D eigenvalue weighted by Gasteiger charge is 2.06. The lowest BCUT2D eigenvalue weighted by Gasteiger charge is -2.07. The van der Waals surface area contributed by atoms with Gasteiger partial charge < -0.3 is 9.47 Å². The number of rotatable bonds is 12. The van der Waals surface area contributed by atoms with E-state index in [4.69, 9.17) is 9.47 Å². The molecule has 27 heavy (non-hydrogen) atoms. The van der Waals surface area contributed by atoms with Crippen LogP contribution in [0.2, 0.25) is 0 Å². The summed E-state index contributed by atoms with van der Waals surface area (Å²) in [5.41, 5.74) is 2.10. The second kappa shape index (κ2) is 12.0. The van der Waals surface area contributed by atoms with Gasteiger partial charge in [-0.05, 0) is 49.1 Å². The Morgan fingerprint density at radius 2 is 1.63 bits per heavy atom. The second-order valence-corrected chi connectivity index (χ2v) is 6.61. The fraction of sp³-hybridized carbons (Fsp3) is 0.500. The van der Waals surface area contributed by atoms with Crippen molar-refractivity contribution in [1.29, 1.82) is 0 Å². The number of unbranched alkanes of at least 4 members (excludes halogenated alkanes) is 4. The van der Waals surface area contributed by atoms with E-state index in [1.165, 1.54) is 37.7 Å². The van der Waals surface area contributed by atoms with E-state index in [1.54, 1.807) is 0 Å². The average Bonchev–Trinajstić information content (AvgIpc) is 2.71. The van der Waals surface area contributed by atoms with Gasteiger partial charge in [0.1, 0.15) is 5.75 Å². The van der Waals surface area contributed by atoms with Crippen LogP contribution in [0.3, 0.4) is 0 Å². The highest BCUT2D eigenvalue weighted by atomic mass is 16.6. The molecule has 1 aromatic heterocycles. The van der Waals surface area contributed by atoms with Crippen molar-refractivity contribution in [2.24, 2.45) is 0 Å². The zero-order valence-electron chi connectivity index (χ0n) is 16.4. The number of carbonyl (C=O) groups excluding carboxylic acids is 1.